The number of esters is 1. The van der Waals surface area contributed by atoms with Crippen LogP contribution in [0.5, 0.6) is 5.75 Å². The van der Waals surface area contributed by atoms with Crippen LogP contribution in [-0.4, -0.2) is 41.0 Å². The van der Waals surface area contributed by atoms with E-state index in [0.29, 0.717) is 5.56 Å². The average Bonchev–Trinajstić information content (AvgIpc) is 3.14. The lowest BCUT2D eigenvalue weighted by Gasteiger charge is -2.25. The Bertz CT molecular complexity index is 1400. The molecule has 1 aliphatic heterocycles. The molecule has 1 unspecified atom stereocenters. The van der Waals surface area contributed by atoms with Crippen LogP contribution in [-0.2, 0) is 14.3 Å². The fourth-order valence-corrected chi connectivity index (χ4v) is 4.71. The standard InChI is InChI=1S/C27H22Cl2N2O6/c1-14(2)37-27(35)16-5-4-6-18(11-16)31-22(15-7-9-30-10-8-15)21(24(33)26(31)34)23(32)17-12-19(28)25(36-3)20(29)13-17/h4-14,22,32H,1-3H3/b23-21+. The summed E-state index contributed by atoms with van der Waals surface area (Å²) < 4.78 is 10.4. The molecule has 0 radical (unpaired) electrons. The Morgan fingerprint density at radius 2 is 1.68 bits per heavy atom. The third-order valence-electron chi connectivity index (χ3n) is 5.64. The molecule has 0 aliphatic carbocycles. The third kappa shape index (κ3) is 5.03. The van der Waals surface area contributed by atoms with Crippen molar-refractivity contribution in [2.24, 2.45) is 0 Å². The highest BCUT2D eigenvalue weighted by molar-refractivity contribution is 6.51. The molecule has 1 amide bonds. The molecule has 0 bridgehead atoms. The van der Waals surface area contributed by atoms with Gasteiger partial charge in [0.15, 0.2) is 5.75 Å². The molecule has 0 saturated carbocycles. The number of aliphatic hydroxyl groups is 1. The molecule has 2 heterocycles. The monoisotopic (exact) mass is 540 g/mol. The minimum Gasteiger partial charge on any atom is -0.507 e. The number of hydrogen-bond acceptors (Lipinski definition) is 7. The SMILES string of the molecule is COc1c(Cl)cc(/C(O)=C2\C(=O)C(=O)N(c3cccc(C(=O)OC(C)C)c3)C2c2ccncc2)cc1Cl. The zero-order valence-electron chi connectivity index (χ0n) is 20.1. The van der Waals surface area contributed by atoms with Gasteiger partial charge in [-0.15, -0.1) is 0 Å². The van der Waals surface area contributed by atoms with Crippen LogP contribution < -0.4 is 9.64 Å². The summed E-state index contributed by atoms with van der Waals surface area (Å²) in [6, 6.07) is 11.2. The predicted molar refractivity (Wildman–Crippen MR) is 139 cm³/mol. The molecule has 190 valence electrons. The molecule has 8 nitrogen and oxygen atoms in total. The van der Waals surface area contributed by atoms with Crippen molar-refractivity contribution < 1.29 is 29.0 Å². The van der Waals surface area contributed by atoms with Gasteiger partial charge in [-0.05, 0) is 61.9 Å². The molecule has 1 saturated heterocycles. The van der Waals surface area contributed by atoms with Gasteiger partial charge < -0.3 is 14.6 Å². The Balaban J connectivity index is 1.90. The van der Waals surface area contributed by atoms with Gasteiger partial charge in [-0.25, -0.2) is 4.79 Å². The highest BCUT2D eigenvalue weighted by Crippen LogP contribution is 2.43. The Morgan fingerprint density at radius 3 is 2.27 bits per heavy atom. The number of ketones is 1. The summed E-state index contributed by atoms with van der Waals surface area (Å²) in [5.41, 5.74) is 0.935. The van der Waals surface area contributed by atoms with E-state index in [1.165, 1.54) is 42.6 Å². The van der Waals surface area contributed by atoms with Crippen LogP contribution in [0.15, 0.2) is 66.5 Å². The highest BCUT2D eigenvalue weighted by atomic mass is 35.5. The molecule has 0 spiro atoms. The molecule has 37 heavy (non-hydrogen) atoms. The number of Topliss-reactive ketones (excluding diaryl/α,β-unsaturated/α-hetero) is 1. The summed E-state index contributed by atoms with van der Waals surface area (Å²) in [6.45, 7) is 3.45. The van der Waals surface area contributed by atoms with Gasteiger partial charge in [-0.1, -0.05) is 29.3 Å². The molecule has 3 aromatic rings. The molecule has 2 aromatic carbocycles. The summed E-state index contributed by atoms with van der Waals surface area (Å²) in [6.07, 6.45) is 2.67. The highest BCUT2D eigenvalue weighted by Gasteiger charge is 2.47. The van der Waals surface area contributed by atoms with E-state index in [9.17, 15) is 19.5 Å². The van der Waals surface area contributed by atoms with Gasteiger partial charge in [0.05, 0.1) is 40.4 Å². The van der Waals surface area contributed by atoms with Crippen LogP contribution in [0.4, 0.5) is 5.69 Å². The fourth-order valence-electron chi connectivity index (χ4n) is 4.07. The number of pyridine rings is 1. The minimum atomic E-state index is -1.03. The van der Waals surface area contributed by atoms with Crippen molar-refractivity contribution in [2.75, 3.05) is 12.0 Å². The van der Waals surface area contributed by atoms with E-state index < -0.39 is 29.5 Å². The molecule has 1 N–H and O–H groups in total. The molecule has 1 atom stereocenters. The Kier molecular flexibility index (Phi) is 7.52. The lowest BCUT2D eigenvalue weighted by atomic mass is 9.95. The molecule has 1 aliphatic rings. The Morgan fingerprint density at radius 1 is 1.03 bits per heavy atom. The normalized spacial score (nSPS) is 16.8. The second-order valence-electron chi connectivity index (χ2n) is 8.43. The number of halogens is 2. The zero-order chi connectivity index (χ0) is 26.9. The van der Waals surface area contributed by atoms with Gasteiger partial charge >= 0.3 is 5.97 Å². The van der Waals surface area contributed by atoms with Crippen LogP contribution in [0.1, 0.15) is 41.4 Å². The number of aromatic nitrogens is 1. The number of carbonyl (C=O) groups is 3. The summed E-state index contributed by atoms with van der Waals surface area (Å²) in [5, 5.41) is 11.5. The maximum absolute atomic E-state index is 13.4. The summed E-state index contributed by atoms with van der Waals surface area (Å²) in [7, 11) is 1.40. The van der Waals surface area contributed by atoms with Crippen LogP contribution in [0.25, 0.3) is 5.76 Å². The molecule has 1 aromatic heterocycles. The smallest absolute Gasteiger partial charge is 0.338 e. The van der Waals surface area contributed by atoms with Crippen LogP contribution in [0, 0.1) is 0 Å². The quantitative estimate of drug-likeness (QED) is 0.188. The number of ether oxygens (including phenoxy) is 2. The summed E-state index contributed by atoms with van der Waals surface area (Å²) >= 11 is 12.5. The molecular weight excluding hydrogens is 519 g/mol. The fraction of sp³-hybridized carbons (Fsp3) is 0.185. The first-order valence-corrected chi connectivity index (χ1v) is 11.9. The molecule has 1 fully saturated rings. The number of carbonyl (C=O) groups excluding carboxylic acids is 3. The van der Waals surface area contributed by atoms with E-state index in [1.807, 2.05) is 0 Å². The lowest BCUT2D eigenvalue weighted by molar-refractivity contribution is -0.132. The van der Waals surface area contributed by atoms with Gasteiger partial charge in [0.25, 0.3) is 11.7 Å². The number of methoxy groups -OCH3 is 1. The third-order valence-corrected chi connectivity index (χ3v) is 6.21. The number of nitrogens with zero attached hydrogens (tertiary/aromatic N) is 2. The summed E-state index contributed by atoms with van der Waals surface area (Å²) in [4.78, 5) is 44.4. The van der Waals surface area contributed by atoms with Gasteiger partial charge in [0.2, 0.25) is 0 Å². The van der Waals surface area contributed by atoms with Gasteiger partial charge in [0.1, 0.15) is 5.76 Å². The topological polar surface area (TPSA) is 106 Å². The maximum Gasteiger partial charge on any atom is 0.338 e. The van der Waals surface area contributed by atoms with E-state index in [2.05, 4.69) is 4.98 Å². The first kappa shape index (κ1) is 26.2. The second kappa shape index (κ2) is 10.6. The second-order valence-corrected chi connectivity index (χ2v) is 9.24. The number of anilines is 1. The Hall–Kier alpha value is -3.88. The van der Waals surface area contributed by atoms with E-state index in [-0.39, 0.29) is 44.3 Å². The number of hydrogen-bond donors (Lipinski definition) is 1. The number of rotatable bonds is 6. The molecule has 4 rings (SSSR count). The van der Waals surface area contributed by atoms with Crippen molar-refractivity contribution in [1.29, 1.82) is 0 Å². The Labute approximate surface area is 223 Å². The predicted octanol–water partition coefficient (Wildman–Crippen LogP) is 5.59. The van der Waals surface area contributed by atoms with Crippen LogP contribution in [0.2, 0.25) is 10.0 Å². The van der Waals surface area contributed by atoms with E-state index in [0.717, 1.165) is 0 Å². The largest absolute Gasteiger partial charge is 0.507 e. The average molecular weight is 541 g/mol. The van der Waals surface area contributed by atoms with E-state index >= 15 is 0 Å². The molecular formula is C27H22Cl2N2O6. The van der Waals surface area contributed by atoms with Crippen molar-refractivity contribution in [3.8, 4) is 5.75 Å². The van der Waals surface area contributed by atoms with Crippen LogP contribution >= 0.6 is 23.2 Å². The number of amides is 1. The number of benzene rings is 2. The van der Waals surface area contributed by atoms with Crippen molar-refractivity contribution >= 4 is 52.3 Å². The van der Waals surface area contributed by atoms with Gasteiger partial charge in [0, 0.05) is 23.6 Å². The van der Waals surface area contributed by atoms with Crippen molar-refractivity contribution in [3.05, 3.63) is 93.2 Å². The summed E-state index contributed by atoms with van der Waals surface area (Å²) in [5.74, 6) is -2.64. The van der Waals surface area contributed by atoms with Crippen molar-refractivity contribution in [1.82, 2.24) is 4.98 Å². The van der Waals surface area contributed by atoms with Gasteiger partial charge in [-0.2, -0.15) is 0 Å². The van der Waals surface area contributed by atoms with Crippen LogP contribution in [0.3, 0.4) is 0 Å². The number of aliphatic hydroxyl groups excluding tert-OH is 1. The maximum atomic E-state index is 13.4. The minimum absolute atomic E-state index is 0.114. The van der Waals surface area contributed by atoms with E-state index in [1.54, 1.807) is 44.2 Å². The molecule has 10 heteroatoms. The van der Waals surface area contributed by atoms with Gasteiger partial charge in [-0.3, -0.25) is 19.5 Å². The zero-order valence-corrected chi connectivity index (χ0v) is 21.6. The van der Waals surface area contributed by atoms with E-state index in [4.69, 9.17) is 32.7 Å². The van der Waals surface area contributed by atoms with Crippen molar-refractivity contribution in [3.63, 3.8) is 0 Å². The first-order chi connectivity index (χ1) is 17.6. The van der Waals surface area contributed by atoms with Crippen molar-refractivity contribution in [2.45, 2.75) is 26.0 Å². The first-order valence-electron chi connectivity index (χ1n) is 11.2. The lowest BCUT2D eigenvalue weighted by Crippen LogP contribution is -2.29.